The van der Waals surface area contributed by atoms with E-state index in [2.05, 4.69) is 5.53 Å². The molecule has 2 aliphatic rings. The number of fused-ring (bicyclic) bond motifs is 3. The number of rotatable bonds is 2. The number of para-hydroxylation sites is 1. The minimum atomic E-state index is -4.54. The van der Waals surface area contributed by atoms with Crippen molar-refractivity contribution in [3.63, 3.8) is 0 Å². The Morgan fingerprint density at radius 3 is 2.46 bits per heavy atom. The predicted octanol–water partition coefficient (Wildman–Crippen LogP) is 2.99. The van der Waals surface area contributed by atoms with Gasteiger partial charge in [0.1, 0.15) is 5.70 Å². The minimum Gasteiger partial charge on any atom is -0.492 e. The number of aliphatic hydroxyl groups is 1. The van der Waals surface area contributed by atoms with Crippen LogP contribution < -0.4 is 15.6 Å². The van der Waals surface area contributed by atoms with E-state index in [4.69, 9.17) is 0 Å². The third-order valence-corrected chi connectivity index (χ3v) is 4.20. The number of halogens is 3. The summed E-state index contributed by atoms with van der Waals surface area (Å²) in [5, 5.41) is 24.3. The van der Waals surface area contributed by atoms with Gasteiger partial charge in [-0.25, -0.2) is 5.01 Å². The van der Waals surface area contributed by atoms with Gasteiger partial charge in [-0.05, 0) is 30.3 Å². The third kappa shape index (κ3) is 2.92. The molecule has 0 radical (unpaired) electrons. The van der Waals surface area contributed by atoms with Crippen molar-refractivity contribution in [2.75, 3.05) is 10.0 Å². The number of hydrazine groups is 2. The number of hydrogen-bond acceptors (Lipinski definition) is 6. The maximum absolute atomic E-state index is 13.0. The van der Waals surface area contributed by atoms with Crippen LogP contribution in [0.1, 0.15) is 11.1 Å². The lowest BCUT2D eigenvalue weighted by Gasteiger charge is -2.27. The van der Waals surface area contributed by atoms with E-state index in [-0.39, 0.29) is 22.6 Å². The molecule has 0 amide bonds. The lowest BCUT2D eigenvalue weighted by molar-refractivity contribution is -0.375. The fourth-order valence-electron chi connectivity index (χ4n) is 2.97. The zero-order valence-electron chi connectivity index (χ0n) is 13.9. The molecule has 0 spiro atoms. The first-order valence-electron chi connectivity index (χ1n) is 7.70. The first-order valence-corrected chi connectivity index (χ1v) is 7.70. The Morgan fingerprint density at radius 1 is 1.07 bits per heavy atom. The van der Waals surface area contributed by atoms with Crippen LogP contribution in [0, 0.1) is 10.1 Å². The van der Waals surface area contributed by atoms with Crippen LogP contribution in [0.25, 0.3) is 5.70 Å². The van der Waals surface area contributed by atoms with Crippen molar-refractivity contribution in [3.05, 3.63) is 87.4 Å². The molecule has 0 fully saturated rings. The number of nitrogens with one attached hydrogen (secondary N) is 1. The zero-order valence-corrected chi connectivity index (χ0v) is 13.9. The topological polar surface area (TPSA) is 113 Å². The second-order valence-corrected chi connectivity index (χ2v) is 5.83. The van der Waals surface area contributed by atoms with E-state index >= 15 is 0 Å². The van der Waals surface area contributed by atoms with Gasteiger partial charge in [0.15, 0.2) is 0 Å². The Hall–Kier alpha value is -3.57. The number of aliphatic hydroxyl groups excluding tert-OH is 1. The van der Waals surface area contributed by atoms with Crippen molar-refractivity contribution in [2.24, 2.45) is 0 Å². The van der Waals surface area contributed by atoms with E-state index in [1.807, 2.05) is 0 Å². The molecule has 4 N–H and O–H groups in total. The van der Waals surface area contributed by atoms with Crippen LogP contribution in [0.5, 0.6) is 0 Å². The van der Waals surface area contributed by atoms with Crippen LogP contribution in [0.2, 0.25) is 0 Å². The van der Waals surface area contributed by atoms with E-state index in [0.717, 1.165) is 23.2 Å². The zero-order chi connectivity index (χ0) is 19.3. The normalized spacial score (nSPS) is 15.6. The molecule has 8 nitrogen and oxygen atoms in total. The Bertz CT molecular complexity index is 1020. The van der Waals surface area contributed by atoms with E-state index in [9.17, 15) is 28.4 Å². The highest BCUT2D eigenvalue weighted by Gasteiger charge is 2.39. The molecule has 0 aliphatic carbocycles. The van der Waals surface area contributed by atoms with Gasteiger partial charge in [-0.15, -0.1) is 5.53 Å². The molecule has 0 aromatic heterocycles. The number of alkyl halides is 3. The Balaban J connectivity index is 0.00000225. The Kier molecular flexibility index (Phi) is 4.49. The van der Waals surface area contributed by atoms with E-state index < -0.39 is 22.5 Å². The van der Waals surface area contributed by atoms with Gasteiger partial charge in [0.05, 0.1) is 27.4 Å². The monoisotopic (exact) mass is 394 g/mol. The van der Waals surface area contributed by atoms with Crippen LogP contribution in [0.4, 0.5) is 24.5 Å². The van der Waals surface area contributed by atoms with Gasteiger partial charge in [-0.2, -0.15) is 13.2 Å². The molecule has 2 aromatic rings. The fourth-order valence-corrected chi connectivity index (χ4v) is 2.97. The molecule has 2 aliphatic heterocycles. The van der Waals surface area contributed by atoms with Crippen molar-refractivity contribution >= 4 is 17.1 Å². The largest absolute Gasteiger partial charge is 0.492 e. The van der Waals surface area contributed by atoms with Gasteiger partial charge in [0, 0.05) is 6.08 Å². The molecule has 0 saturated heterocycles. The lowest BCUT2D eigenvalue weighted by atomic mass is 10.0. The molecule has 0 unspecified atom stereocenters. The maximum atomic E-state index is 13.0. The fraction of sp³-hybridized carbons (Fsp3) is 0.0588. The quantitative estimate of drug-likeness (QED) is 0.598. The minimum absolute atomic E-state index is 0. The summed E-state index contributed by atoms with van der Waals surface area (Å²) < 4.78 is 38.9. The second-order valence-electron chi connectivity index (χ2n) is 5.83. The Labute approximate surface area is 155 Å². The smallest absolute Gasteiger partial charge is 0.416 e. The number of benzene rings is 2. The summed E-state index contributed by atoms with van der Waals surface area (Å²) in [5.74, 6) is -0.455. The van der Waals surface area contributed by atoms with Gasteiger partial charge >= 0.3 is 6.18 Å². The summed E-state index contributed by atoms with van der Waals surface area (Å²) in [7, 11) is 0. The first-order chi connectivity index (χ1) is 12.8. The van der Waals surface area contributed by atoms with Gasteiger partial charge in [-0.3, -0.25) is 15.1 Å². The molecule has 4 rings (SSSR count). The molecular formula is C17H13F3N4O4. The average Bonchev–Trinajstić information content (AvgIpc) is 2.97. The highest BCUT2D eigenvalue weighted by Crippen LogP contribution is 2.40. The summed E-state index contributed by atoms with van der Waals surface area (Å²) in [5.41, 5.74) is 2.44. The van der Waals surface area contributed by atoms with Crippen molar-refractivity contribution in [1.29, 1.82) is 0 Å². The number of nitro groups is 1. The second kappa shape index (κ2) is 6.55. The van der Waals surface area contributed by atoms with Crippen LogP contribution in [-0.4, -0.2) is 15.5 Å². The van der Waals surface area contributed by atoms with Crippen molar-refractivity contribution in [1.82, 2.24) is 5.53 Å². The molecule has 146 valence electrons. The highest BCUT2D eigenvalue weighted by molar-refractivity contribution is 5.82. The number of anilines is 2. The molecule has 28 heavy (non-hydrogen) atoms. The summed E-state index contributed by atoms with van der Waals surface area (Å²) in [6.07, 6.45) is -3.38. The van der Waals surface area contributed by atoms with Crippen molar-refractivity contribution in [3.8, 4) is 0 Å². The van der Waals surface area contributed by atoms with E-state index in [1.54, 1.807) is 24.3 Å². The standard InChI is InChI=1S/C17H11F3N4O3.H2O/c18-17(19,20)10-4-3-5-11(8-10)22-16(25)15-9-14(24(26)27)12-6-1-2-7-13(12)23(15)21-22;/h1-9,21,25H;1H2. The summed E-state index contributed by atoms with van der Waals surface area (Å²) >= 11 is 0. The molecular weight excluding hydrogens is 381 g/mol. The molecule has 0 saturated carbocycles. The lowest BCUT2D eigenvalue weighted by Crippen LogP contribution is -2.42. The number of hydrogen-bond donors (Lipinski definition) is 2. The van der Waals surface area contributed by atoms with E-state index in [1.165, 1.54) is 17.1 Å². The summed E-state index contributed by atoms with van der Waals surface area (Å²) in [6, 6.07) is 10.8. The Morgan fingerprint density at radius 2 is 1.79 bits per heavy atom. The maximum Gasteiger partial charge on any atom is 0.416 e. The van der Waals surface area contributed by atoms with Crippen LogP contribution >= 0.6 is 0 Å². The molecule has 0 atom stereocenters. The number of allylic oxidation sites excluding steroid dienone is 1. The molecule has 2 aromatic carbocycles. The van der Waals surface area contributed by atoms with E-state index in [0.29, 0.717) is 11.3 Å². The van der Waals surface area contributed by atoms with Crippen molar-refractivity contribution in [2.45, 2.75) is 6.18 Å². The van der Waals surface area contributed by atoms with Crippen LogP contribution in [0.3, 0.4) is 0 Å². The van der Waals surface area contributed by atoms with Gasteiger partial charge in [-0.1, -0.05) is 18.2 Å². The van der Waals surface area contributed by atoms with Crippen LogP contribution in [0.15, 0.2) is 66.2 Å². The average molecular weight is 394 g/mol. The molecule has 11 heteroatoms. The third-order valence-electron chi connectivity index (χ3n) is 4.20. The molecule has 0 bridgehead atoms. The first kappa shape index (κ1) is 19.2. The predicted molar refractivity (Wildman–Crippen MR) is 94.2 cm³/mol. The van der Waals surface area contributed by atoms with Gasteiger partial charge in [0.25, 0.3) is 5.70 Å². The summed E-state index contributed by atoms with van der Waals surface area (Å²) in [4.78, 5) is 10.8. The van der Waals surface area contributed by atoms with Gasteiger partial charge < -0.3 is 10.6 Å². The SMILES string of the molecule is O.O=[N+]([O-])C1=CC2=C(O)N(c3cccc(C(F)(F)F)c3)NN2c2ccccc21. The molecule has 2 heterocycles. The van der Waals surface area contributed by atoms with Crippen LogP contribution in [-0.2, 0) is 6.18 Å². The number of nitrogens with zero attached hydrogens (tertiary/aromatic N) is 3. The highest BCUT2D eigenvalue weighted by atomic mass is 19.4. The van der Waals surface area contributed by atoms with Gasteiger partial charge in [0.2, 0.25) is 5.88 Å². The van der Waals surface area contributed by atoms with Crippen molar-refractivity contribution < 1.29 is 28.7 Å². The summed E-state index contributed by atoms with van der Waals surface area (Å²) in [6.45, 7) is 0.